The zero-order valence-corrected chi connectivity index (χ0v) is 16.7. The van der Waals surface area contributed by atoms with E-state index in [9.17, 15) is 4.79 Å². The number of hydrogen-bond donors (Lipinski definition) is 0. The zero-order valence-electron chi connectivity index (χ0n) is 16.7. The molecule has 0 N–H and O–H groups in total. The Bertz CT molecular complexity index is 626. The Morgan fingerprint density at radius 3 is 2.68 bits per heavy atom. The van der Waals surface area contributed by atoms with Crippen molar-refractivity contribution in [2.75, 3.05) is 0 Å². The Labute approximate surface area is 154 Å². The van der Waals surface area contributed by atoms with Gasteiger partial charge in [-0.2, -0.15) is 0 Å². The molecule has 1 heteroatoms. The first-order valence-corrected chi connectivity index (χ1v) is 10.8. The summed E-state index contributed by atoms with van der Waals surface area (Å²) in [6.45, 7) is 9.79. The average Bonchev–Trinajstić information content (AvgIpc) is 2.93. The van der Waals surface area contributed by atoms with Gasteiger partial charge in [0.1, 0.15) is 0 Å². The Morgan fingerprint density at radius 2 is 1.92 bits per heavy atom. The molecule has 0 amide bonds. The third-order valence-corrected chi connectivity index (χ3v) is 9.04. The van der Waals surface area contributed by atoms with Crippen LogP contribution in [0.1, 0.15) is 85.5 Å². The second kappa shape index (κ2) is 6.10. The molecule has 4 aliphatic carbocycles. The molecule has 3 saturated carbocycles. The van der Waals surface area contributed by atoms with Gasteiger partial charge in [0, 0.05) is 6.42 Å². The normalized spacial score (nSPS) is 47.0. The Hall–Kier alpha value is -0.850. The lowest BCUT2D eigenvalue weighted by Gasteiger charge is -2.58. The maximum atomic E-state index is 12.0. The van der Waals surface area contributed by atoms with Gasteiger partial charge in [-0.1, -0.05) is 38.0 Å². The predicted molar refractivity (Wildman–Crippen MR) is 104 cm³/mol. The Kier molecular flexibility index (Phi) is 4.28. The molecule has 0 spiro atoms. The first-order chi connectivity index (χ1) is 11.9. The monoisotopic (exact) mass is 340 g/mol. The fourth-order valence-electron chi connectivity index (χ4n) is 7.77. The summed E-state index contributed by atoms with van der Waals surface area (Å²) in [6, 6.07) is 0. The molecule has 0 heterocycles. The number of carbonyl (C=O) groups excluding carboxylic acids is 1. The second-order valence-corrected chi connectivity index (χ2v) is 10.00. The van der Waals surface area contributed by atoms with Crippen LogP contribution in [0.25, 0.3) is 0 Å². The molecule has 0 aromatic rings. The predicted octanol–water partition coefficient (Wildman–Crippen LogP) is 6.49. The second-order valence-electron chi connectivity index (χ2n) is 10.00. The highest BCUT2D eigenvalue weighted by Crippen LogP contribution is 2.67. The molecule has 138 valence electrons. The number of fused-ring (bicyclic) bond motifs is 5. The summed E-state index contributed by atoms with van der Waals surface area (Å²) >= 11 is 0. The van der Waals surface area contributed by atoms with Gasteiger partial charge in [0.15, 0.2) is 5.78 Å². The molecule has 0 bridgehead atoms. The van der Waals surface area contributed by atoms with Crippen molar-refractivity contribution in [2.24, 2.45) is 34.5 Å². The molecular formula is C24H36O. The summed E-state index contributed by atoms with van der Waals surface area (Å²) in [5, 5.41) is 0. The van der Waals surface area contributed by atoms with E-state index in [-0.39, 0.29) is 0 Å². The fraction of sp³-hybridized carbons (Fsp3) is 0.792. The van der Waals surface area contributed by atoms with Crippen molar-refractivity contribution in [1.29, 1.82) is 0 Å². The lowest BCUT2D eigenvalue weighted by Crippen LogP contribution is -2.50. The highest BCUT2D eigenvalue weighted by Gasteiger charge is 2.58. The average molecular weight is 341 g/mol. The third kappa shape index (κ3) is 2.52. The van der Waals surface area contributed by atoms with Crippen LogP contribution in [0.4, 0.5) is 0 Å². The summed E-state index contributed by atoms with van der Waals surface area (Å²) in [5.41, 5.74) is 4.02. The number of allylic oxidation sites excluding steroid dienone is 3. The van der Waals surface area contributed by atoms with Gasteiger partial charge < -0.3 is 0 Å². The maximum absolute atomic E-state index is 12.0. The van der Waals surface area contributed by atoms with Crippen LogP contribution in [-0.2, 0) is 4.79 Å². The first kappa shape index (κ1) is 17.6. The van der Waals surface area contributed by atoms with Crippen molar-refractivity contribution in [3.63, 3.8) is 0 Å². The molecule has 0 radical (unpaired) electrons. The van der Waals surface area contributed by atoms with Crippen molar-refractivity contribution in [3.8, 4) is 0 Å². The van der Waals surface area contributed by atoms with Gasteiger partial charge in [-0.3, -0.25) is 4.79 Å². The minimum atomic E-state index is 0.324. The SMILES string of the molecule is CC/C=C(\C)[C@H]1CC[C@H]2[C@@H]3CCC4=CC(=O)CC[C@]4(C)[C@H]3CC[C@]12C. The van der Waals surface area contributed by atoms with E-state index in [1.165, 1.54) is 50.5 Å². The van der Waals surface area contributed by atoms with E-state index in [1.54, 1.807) is 5.57 Å². The van der Waals surface area contributed by atoms with E-state index in [0.29, 0.717) is 16.6 Å². The summed E-state index contributed by atoms with van der Waals surface area (Å²) < 4.78 is 0. The van der Waals surface area contributed by atoms with Gasteiger partial charge in [0.2, 0.25) is 0 Å². The minimum Gasteiger partial charge on any atom is -0.295 e. The molecule has 0 unspecified atom stereocenters. The highest BCUT2D eigenvalue weighted by molar-refractivity contribution is 5.91. The Balaban J connectivity index is 1.64. The van der Waals surface area contributed by atoms with Crippen molar-refractivity contribution < 1.29 is 4.79 Å². The summed E-state index contributed by atoms with van der Waals surface area (Å²) in [4.78, 5) is 12.0. The lowest BCUT2D eigenvalue weighted by atomic mass is 9.46. The van der Waals surface area contributed by atoms with Crippen LogP contribution < -0.4 is 0 Å². The number of hydrogen-bond acceptors (Lipinski definition) is 1. The molecule has 25 heavy (non-hydrogen) atoms. The van der Waals surface area contributed by atoms with Gasteiger partial charge in [0.05, 0.1) is 0 Å². The smallest absolute Gasteiger partial charge is 0.155 e. The van der Waals surface area contributed by atoms with Crippen LogP contribution in [0.3, 0.4) is 0 Å². The summed E-state index contributed by atoms with van der Waals surface area (Å²) in [7, 11) is 0. The van der Waals surface area contributed by atoms with Gasteiger partial charge in [-0.05, 0) is 98.9 Å². The summed E-state index contributed by atoms with van der Waals surface area (Å²) in [5.74, 6) is 3.83. The van der Waals surface area contributed by atoms with Crippen LogP contribution in [0.2, 0.25) is 0 Å². The van der Waals surface area contributed by atoms with E-state index in [1.807, 2.05) is 6.08 Å². The van der Waals surface area contributed by atoms with Crippen LogP contribution in [0.15, 0.2) is 23.3 Å². The molecule has 0 aromatic carbocycles. The van der Waals surface area contributed by atoms with Crippen LogP contribution in [-0.4, -0.2) is 5.78 Å². The third-order valence-electron chi connectivity index (χ3n) is 9.04. The van der Waals surface area contributed by atoms with Crippen LogP contribution in [0.5, 0.6) is 0 Å². The number of ketones is 1. The highest BCUT2D eigenvalue weighted by atomic mass is 16.1. The van der Waals surface area contributed by atoms with Crippen LogP contribution in [0, 0.1) is 34.5 Å². The minimum absolute atomic E-state index is 0.324. The number of rotatable bonds is 2. The number of carbonyl (C=O) groups is 1. The van der Waals surface area contributed by atoms with Gasteiger partial charge in [-0.25, -0.2) is 0 Å². The molecular weight excluding hydrogens is 304 g/mol. The van der Waals surface area contributed by atoms with E-state index in [2.05, 4.69) is 33.8 Å². The molecule has 4 rings (SSSR count). The van der Waals surface area contributed by atoms with Crippen molar-refractivity contribution in [3.05, 3.63) is 23.3 Å². The molecule has 6 atom stereocenters. The lowest BCUT2D eigenvalue weighted by molar-refractivity contribution is -0.117. The molecule has 1 nitrogen and oxygen atoms in total. The van der Waals surface area contributed by atoms with Crippen molar-refractivity contribution >= 4 is 5.78 Å². The van der Waals surface area contributed by atoms with Crippen molar-refractivity contribution in [2.45, 2.75) is 85.5 Å². The molecule has 0 aliphatic heterocycles. The fourth-order valence-corrected chi connectivity index (χ4v) is 7.77. The largest absolute Gasteiger partial charge is 0.295 e. The van der Waals surface area contributed by atoms with Gasteiger partial charge >= 0.3 is 0 Å². The zero-order chi connectivity index (χ0) is 17.8. The van der Waals surface area contributed by atoms with E-state index in [4.69, 9.17) is 0 Å². The maximum Gasteiger partial charge on any atom is 0.155 e. The molecule has 0 saturated heterocycles. The van der Waals surface area contributed by atoms with Gasteiger partial charge in [0.25, 0.3) is 0 Å². The van der Waals surface area contributed by atoms with Gasteiger partial charge in [-0.15, -0.1) is 0 Å². The quantitative estimate of drug-likeness (QED) is 0.525. The van der Waals surface area contributed by atoms with Crippen molar-refractivity contribution in [1.82, 2.24) is 0 Å². The molecule has 3 fully saturated rings. The van der Waals surface area contributed by atoms with E-state index in [0.717, 1.165) is 36.5 Å². The topological polar surface area (TPSA) is 17.1 Å². The van der Waals surface area contributed by atoms with E-state index >= 15 is 0 Å². The molecule has 4 aliphatic rings. The van der Waals surface area contributed by atoms with Crippen LogP contribution >= 0.6 is 0 Å². The standard InChI is InChI=1S/C24H36O/c1-5-6-16(2)20-9-10-21-19-8-7-17-15-18(25)11-13-23(17,3)22(19)12-14-24(20,21)4/h6,15,19-22H,5,7-14H2,1-4H3/b16-6+/t19-,20+,21-,22-,23-,24+/m0/s1. The first-order valence-electron chi connectivity index (χ1n) is 10.8. The summed E-state index contributed by atoms with van der Waals surface area (Å²) in [6.07, 6.45) is 15.7. The molecule has 0 aromatic heterocycles. The van der Waals surface area contributed by atoms with E-state index < -0.39 is 0 Å². The Morgan fingerprint density at radius 1 is 1.12 bits per heavy atom.